The highest BCUT2D eigenvalue weighted by molar-refractivity contribution is 6.01. The van der Waals surface area contributed by atoms with Crippen molar-refractivity contribution < 1.29 is 28.6 Å². The van der Waals surface area contributed by atoms with Gasteiger partial charge >= 0.3 is 6.03 Å². The van der Waals surface area contributed by atoms with Crippen LogP contribution in [0.2, 0.25) is 0 Å². The minimum absolute atomic E-state index is 0.155. The Morgan fingerprint density at radius 3 is 2.53 bits per heavy atom. The summed E-state index contributed by atoms with van der Waals surface area (Å²) < 4.78 is 21.7. The van der Waals surface area contributed by atoms with Crippen molar-refractivity contribution in [3.8, 4) is 5.75 Å². The quantitative estimate of drug-likeness (QED) is 0.261. The van der Waals surface area contributed by atoms with Gasteiger partial charge in [0.15, 0.2) is 0 Å². The third kappa shape index (κ3) is 7.09. The van der Waals surface area contributed by atoms with Crippen LogP contribution in [0.3, 0.4) is 0 Å². The van der Waals surface area contributed by atoms with E-state index >= 15 is 0 Å². The average molecular weight is 616 g/mol. The zero-order chi connectivity index (χ0) is 32.2. The summed E-state index contributed by atoms with van der Waals surface area (Å²) in [5.41, 5.74) is 3.06. The molecule has 2 heterocycles. The maximum Gasteiger partial charge on any atom is 0.321 e. The van der Waals surface area contributed by atoms with E-state index in [-0.39, 0.29) is 49.4 Å². The number of urea groups is 1. The van der Waals surface area contributed by atoms with E-state index in [1.165, 1.54) is 29.2 Å². The van der Waals surface area contributed by atoms with Crippen molar-refractivity contribution in [1.82, 2.24) is 14.4 Å². The van der Waals surface area contributed by atoms with Gasteiger partial charge in [-0.25, -0.2) is 9.18 Å². The smallest absolute Gasteiger partial charge is 0.321 e. The molecule has 0 fully saturated rings. The number of aryl methyl sites for hydroxylation is 1. The number of para-hydroxylation sites is 1. The van der Waals surface area contributed by atoms with Crippen LogP contribution in [-0.4, -0.2) is 76.2 Å². The second-order valence-corrected chi connectivity index (χ2v) is 11.7. The summed E-state index contributed by atoms with van der Waals surface area (Å²) in [5.74, 6) is -0.861. The number of halogens is 1. The summed E-state index contributed by atoms with van der Waals surface area (Å²) in [6, 6.07) is 17.4. The fourth-order valence-electron chi connectivity index (χ4n) is 5.57. The third-order valence-electron chi connectivity index (χ3n) is 8.18. The first-order valence-corrected chi connectivity index (χ1v) is 14.9. The van der Waals surface area contributed by atoms with Gasteiger partial charge in [-0.1, -0.05) is 25.1 Å². The summed E-state index contributed by atoms with van der Waals surface area (Å²) in [7, 11) is 3.57. The van der Waals surface area contributed by atoms with Gasteiger partial charge in [0.2, 0.25) is 5.91 Å². The Balaban J connectivity index is 1.36. The van der Waals surface area contributed by atoms with E-state index in [1.807, 2.05) is 49.0 Å². The highest BCUT2D eigenvalue weighted by atomic mass is 19.1. The molecule has 3 atom stereocenters. The Bertz CT molecular complexity index is 1710. The molecule has 0 saturated heterocycles. The minimum Gasteiger partial charge on any atom is -0.487 e. The van der Waals surface area contributed by atoms with Gasteiger partial charge < -0.3 is 34.8 Å². The number of hydrogen-bond donors (Lipinski definition) is 3. The monoisotopic (exact) mass is 615 g/mol. The number of aliphatic hydroxyl groups is 1. The average Bonchev–Trinajstić information content (AvgIpc) is 3.34. The molecule has 0 aliphatic carbocycles. The number of rotatable bonds is 8. The molecule has 0 radical (unpaired) electrons. The fraction of sp³-hybridized carbons (Fsp3) is 0.324. The van der Waals surface area contributed by atoms with Gasteiger partial charge in [-0.2, -0.15) is 0 Å². The third-order valence-corrected chi connectivity index (χ3v) is 8.18. The van der Waals surface area contributed by atoms with Crippen molar-refractivity contribution in [2.45, 2.75) is 32.4 Å². The Hall–Kier alpha value is -4.90. The van der Waals surface area contributed by atoms with Crippen molar-refractivity contribution in [1.29, 1.82) is 0 Å². The summed E-state index contributed by atoms with van der Waals surface area (Å²) in [4.78, 5) is 42.9. The van der Waals surface area contributed by atoms with Crippen molar-refractivity contribution in [3.05, 3.63) is 89.9 Å². The molecule has 4 aromatic rings. The Labute approximate surface area is 261 Å². The van der Waals surface area contributed by atoms with Crippen LogP contribution in [0.25, 0.3) is 10.9 Å². The molecule has 0 spiro atoms. The summed E-state index contributed by atoms with van der Waals surface area (Å²) in [5, 5.41) is 16.6. The number of fused-ring (bicyclic) bond motifs is 2. The number of amides is 4. The molecule has 236 valence electrons. The van der Waals surface area contributed by atoms with Crippen LogP contribution in [-0.2, 0) is 18.3 Å². The number of carbonyl (C=O) groups is 3. The lowest BCUT2D eigenvalue weighted by Gasteiger charge is -2.38. The first-order chi connectivity index (χ1) is 21.5. The maximum atomic E-state index is 13.8. The summed E-state index contributed by atoms with van der Waals surface area (Å²) in [6.45, 7) is 3.91. The molecule has 0 saturated carbocycles. The topological polar surface area (TPSA) is 116 Å². The Morgan fingerprint density at radius 1 is 1.09 bits per heavy atom. The highest BCUT2D eigenvalue weighted by Gasteiger charge is 2.34. The van der Waals surface area contributed by atoms with E-state index in [0.29, 0.717) is 17.1 Å². The maximum absolute atomic E-state index is 13.8. The zero-order valence-corrected chi connectivity index (χ0v) is 25.8. The number of carbonyl (C=O) groups excluding carboxylic acids is 3. The molecule has 4 amide bonds. The fourth-order valence-corrected chi connectivity index (χ4v) is 5.57. The number of benzene rings is 3. The predicted octanol–water partition coefficient (Wildman–Crippen LogP) is 4.88. The van der Waals surface area contributed by atoms with Crippen LogP contribution in [0.1, 0.15) is 29.8 Å². The van der Waals surface area contributed by atoms with Gasteiger partial charge in [0.1, 0.15) is 17.7 Å². The Kier molecular flexibility index (Phi) is 9.38. The van der Waals surface area contributed by atoms with Gasteiger partial charge in [0.25, 0.3) is 5.91 Å². The van der Waals surface area contributed by atoms with Gasteiger partial charge in [-0.15, -0.1) is 0 Å². The number of aromatic nitrogens is 1. The summed E-state index contributed by atoms with van der Waals surface area (Å²) in [6.07, 6.45) is 1.58. The van der Waals surface area contributed by atoms with Crippen LogP contribution in [0.4, 0.5) is 20.6 Å². The lowest BCUT2D eigenvalue weighted by molar-refractivity contribution is -0.115. The number of hydrogen-bond acceptors (Lipinski definition) is 5. The molecule has 10 nitrogen and oxygen atoms in total. The van der Waals surface area contributed by atoms with E-state index in [0.717, 1.165) is 16.5 Å². The molecule has 5 rings (SSSR count). The first-order valence-electron chi connectivity index (χ1n) is 14.9. The zero-order valence-electron chi connectivity index (χ0n) is 25.8. The number of nitrogens with one attached hydrogen (secondary N) is 2. The number of aliphatic hydroxyl groups excluding tert-OH is 1. The van der Waals surface area contributed by atoms with Crippen molar-refractivity contribution in [3.63, 3.8) is 0 Å². The van der Waals surface area contributed by atoms with E-state index in [2.05, 4.69) is 10.6 Å². The van der Waals surface area contributed by atoms with E-state index < -0.39 is 24.0 Å². The first kappa shape index (κ1) is 31.5. The van der Waals surface area contributed by atoms with Crippen LogP contribution in [0.5, 0.6) is 5.75 Å². The van der Waals surface area contributed by atoms with E-state index in [9.17, 15) is 23.9 Å². The van der Waals surface area contributed by atoms with Crippen LogP contribution >= 0.6 is 0 Å². The van der Waals surface area contributed by atoms with Crippen LogP contribution < -0.4 is 15.4 Å². The molecule has 3 aromatic carbocycles. The normalized spacial score (nSPS) is 17.1. The molecule has 11 heteroatoms. The van der Waals surface area contributed by atoms with Gasteiger partial charge in [-0.05, 0) is 61.0 Å². The van der Waals surface area contributed by atoms with Crippen LogP contribution in [0, 0.1) is 11.7 Å². The molecule has 3 N–H and O–H groups in total. The second-order valence-electron chi connectivity index (χ2n) is 11.7. The molecular formula is C34H38FN5O5. The standard InChI is InChI=1S/C34H38FN5O5/c1-21-17-40(22(2)20-41)33(43)28-16-26(36-32(42)15-23-18-38(3)29-8-6-5-7-27(23)29)13-14-30(28)45-31(21)19-39(4)34(44)37-25-11-9-24(35)10-12-25/h5-14,16,18,21-22,31,41H,15,17,19-20H2,1-4H3,(H,36,42)(H,37,44)/t21-,22-,31+/m1/s1. The molecule has 0 unspecified atom stereocenters. The number of ether oxygens (including phenoxy) is 1. The predicted molar refractivity (Wildman–Crippen MR) is 171 cm³/mol. The SMILES string of the molecule is C[C@@H]1CN([C@H](C)CO)C(=O)c2cc(NC(=O)Cc3cn(C)c4ccccc34)ccc2O[C@H]1CN(C)C(=O)Nc1ccc(F)cc1. The van der Waals surface area contributed by atoms with Gasteiger partial charge in [0.05, 0.1) is 31.2 Å². The molecule has 45 heavy (non-hydrogen) atoms. The molecule has 1 aliphatic heterocycles. The van der Waals surface area contributed by atoms with Crippen LogP contribution in [0.15, 0.2) is 72.9 Å². The molecular weight excluding hydrogens is 577 g/mol. The van der Waals surface area contributed by atoms with E-state index in [4.69, 9.17) is 4.74 Å². The molecule has 0 bridgehead atoms. The van der Waals surface area contributed by atoms with Crippen molar-refractivity contribution in [2.24, 2.45) is 13.0 Å². The number of nitrogens with zero attached hydrogens (tertiary/aromatic N) is 3. The minimum atomic E-state index is -0.513. The lowest BCUT2D eigenvalue weighted by atomic mass is 9.99. The van der Waals surface area contributed by atoms with E-state index in [1.54, 1.807) is 37.1 Å². The second kappa shape index (κ2) is 13.4. The molecule has 1 aliphatic rings. The van der Waals surface area contributed by atoms with Gasteiger partial charge in [-0.3, -0.25) is 9.59 Å². The Morgan fingerprint density at radius 2 is 1.80 bits per heavy atom. The van der Waals surface area contributed by atoms with Gasteiger partial charge in [0, 0.05) is 55.0 Å². The summed E-state index contributed by atoms with van der Waals surface area (Å²) >= 11 is 0. The number of likely N-dealkylation sites (N-methyl/N-ethyl adjacent to an activating group) is 1. The van der Waals surface area contributed by atoms with Crippen molar-refractivity contribution in [2.75, 3.05) is 37.4 Å². The molecule has 1 aromatic heterocycles. The van der Waals surface area contributed by atoms with Crippen molar-refractivity contribution >= 4 is 40.1 Å². The lowest BCUT2D eigenvalue weighted by Crippen LogP contribution is -2.50. The number of anilines is 2. The largest absolute Gasteiger partial charge is 0.487 e. The highest BCUT2D eigenvalue weighted by Crippen LogP contribution is 2.31.